The zero-order valence-electron chi connectivity index (χ0n) is 11.6. The number of benzene rings is 1. The van der Waals surface area contributed by atoms with Crippen molar-refractivity contribution >= 4 is 23.2 Å². The molecule has 0 saturated heterocycles. The molecule has 1 unspecified atom stereocenters. The number of aliphatic hydroxyl groups is 1. The molecule has 0 aromatic heterocycles. The Labute approximate surface area is 130 Å². The van der Waals surface area contributed by atoms with Gasteiger partial charge in [-0.1, -0.05) is 23.4 Å². The van der Waals surface area contributed by atoms with Crippen molar-refractivity contribution in [3.8, 4) is 11.8 Å². The van der Waals surface area contributed by atoms with Crippen LogP contribution in [0.3, 0.4) is 0 Å². The fourth-order valence-electron chi connectivity index (χ4n) is 1.84. The van der Waals surface area contributed by atoms with E-state index < -0.39 is 23.2 Å². The van der Waals surface area contributed by atoms with Crippen molar-refractivity contribution in [2.75, 3.05) is 5.32 Å². The molecule has 1 aromatic rings. The van der Waals surface area contributed by atoms with E-state index in [9.17, 15) is 23.1 Å². The molecule has 22 heavy (non-hydrogen) atoms. The molecule has 1 aromatic carbocycles. The van der Waals surface area contributed by atoms with E-state index in [0.717, 1.165) is 25.8 Å². The summed E-state index contributed by atoms with van der Waals surface area (Å²) in [5.74, 6) is 3.66. The highest BCUT2D eigenvalue weighted by Crippen LogP contribution is 2.43. The minimum Gasteiger partial charge on any atom is -0.366 e. The predicted molar refractivity (Wildman–Crippen MR) is 76.2 cm³/mol. The monoisotopic (exact) mass is 331 g/mol. The molecule has 0 aliphatic heterocycles. The van der Waals surface area contributed by atoms with Gasteiger partial charge in [-0.3, -0.25) is 4.79 Å². The Morgan fingerprint density at radius 1 is 1.41 bits per heavy atom. The van der Waals surface area contributed by atoms with Gasteiger partial charge in [-0.25, -0.2) is 0 Å². The fraction of sp³-hybridized carbons (Fsp3) is 0.400. The van der Waals surface area contributed by atoms with E-state index in [-0.39, 0.29) is 16.6 Å². The number of hydrogen-bond acceptors (Lipinski definition) is 2. The van der Waals surface area contributed by atoms with Crippen LogP contribution in [0.5, 0.6) is 0 Å². The first-order chi connectivity index (χ1) is 10.1. The van der Waals surface area contributed by atoms with Crippen LogP contribution in [0.15, 0.2) is 18.2 Å². The Morgan fingerprint density at radius 2 is 2.05 bits per heavy atom. The van der Waals surface area contributed by atoms with E-state index in [1.807, 2.05) is 5.92 Å². The molecule has 118 valence electrons. The van der Waals surface area contributed by atoms with Gasteiger partial charge in [0.2, 0.25) is 11.5 Å². The Morgan fingerprint density at radius 3 is 2.55 bits per heavy atom. The number of carbonyl (C=O) groups is 1. The molecule has 0 heterocycles. The maximum atomic E-state index is 13.4. The minimum atomic E-state index is -5.03. The highest BCUT2D eigenvalue weighted by molar-refractivity contribution is 6.30. The van der Waals surface area contributed by atoms with E-state index in [2.05, 4.69) is 11.2 Å². The van der Waals surface area contributed by atoms with Crippen LogP contribution in [0.4, 0.5) is 18.9 Å². The molecule has 2 N–H and O–H groups in total. The third-order valence-corrected chi connectivity index (χ3v) is 3.36. The van der Waals surface area contributed by atoms with E-state index in [1.54, 1.807) is 0 Å². The zero-order chi connectivity index (χ0) is 16.5. The molecule has 1 aliphatic carbocycles. The summed E-state index contributed by atoms with van der Waals surface area (Å²) in [5.41, 5.74) is -4.16. The second-order valence-corrected chi connectivity index (χ2v) is 5.56. The molecule has 1 aliphatic rings. The lowest BCUT2D eigenvalue weighted by Gasteiger charge is -2.28. The summed E-state index contributed by atoms with van der Waals surface area (Å²) in [6, 6.07) is 3.48. The smallest absolute Gasteiger partial charge is 0.366 e. The Balaban J connectivity index is 2.58. The average Bonchev–Trinajstić information content (AvgIpc) is 3.20. The van der Waals surface area contributed by atoms with Crippen LogP contribution in [0.25, 0.3) is 0 Å². The highest BCUT2D eigenvalue weighted by atomic mass is 35.5. The van der Waals surface area contributed by atoms with Crippen molar-refractivity contribution in [3.63, 3.8) is 0 Å². The van der Waals surface area contributed by atoms with Gasteiger partial charge in [0.1, 0.15) is 0 Å². The number of alkyl halides is 3. The molecule has 2 rings (SSSR count). The summed E-state index contributed by atoms with van der Waals surface area (Å²) >= 11 is 5.75. The lowest BCUT2D eigenvalue weighted by molar-refractivity contribution is -0.240. The summed E-state index contributed by atoms with van der Waals surface area (Å²) in [6.07, 6.45) is -3.60. The van der Waals surface area contributed by atoms with Crippen molar-refractivity contribution < 1.29 is 23.1 Å². The molecule has 0 spiro atoms. The Bertz CT molecular complexity index is 659. The number of carbonyl (C=O) groups excluding carboxylic acids is 1. The van der Waals surface area contributed by atoms with Crippen molar-refractivity contribution in [2.45, 2.75) is 31.5 Å². The lowest BCUT2D eigenvalue weighted by Crippen LogP contribution is -2.41. The molecular weight excluding hydrogens is 319 g/mol. The normalized spacial score (nSPS) is 17.2. The summed E-state index contributed by atoms with van der Waals surface area (Å²) in [5, 5.41) is 12.5. The van der Waals surface area contributed by atoms with Gasteiger partial charge in [0.05, 0.1) is 0 Å². The first-order valence-electron chi connectivity index (χ1n) is 6.53. The van der Waals surface area contributed by atoms with Gasteiger partial charge in [-0.2, -0.15) is 13.2 Å². The second kappa shape index (κ2) is 5.82. The van der Waals surface area contributed by atoms with E-state index in [4.69, 9.17) is 11.6 Å². The van der Waals surface area contributed by atoms with Gasteiger partial charge in [0.15, 0.2) is 0 Å². The average molecular weight is 332 g/mol. The number of nitrogens with one attached hydrogen (secondary N) is 1. The molecule has 0 bridgehead atoms. The molecular formula is C15H13ClF3NO2. The SMILES string of the molecule is CC(=O)Nc1ccc(Cl)cc1C(O)(C#CC1CC1)C(F)(F)F. The van der Waals surface area contributed by atoms with Crippen LogP contribution >= 0.6 is 11.6 Å². The molecule has 1 amide bonds. The van der Waals surface area contributed by atoms with Gasteiger partial charge in [-0.15, -0.1) is 0 Å². The van der Waals surface area contributed by atoms with E-state index in [0.29, 0.717) is 0 Å². The summed E-state index contributed by atoms with van der Waals surface area (Å²) < 4.78 is 40.2. The third kappa shape index (κ3) is 3.54. The molecule has 0 radical (unpaired) electrons. The number of hydrogen-bond donors (Lipinski definition) is 2. The zero-order valence-corrected chi connectivity index (χ0v) is 12.3. The Kier molecular flexibility index (Phi) is 4.41. The highest BCUT2D eigenvalue weighted by Gasteiger charge is 2.55. The standard InChI is InChI=1S/C15H13ClF3NO2/c1-9(21)20-13-5-4-11(16)8-12(13)14(22,15(17,18)19)7-6-10-2-3-10/h4-5,8,10,22H,2-3H2,1H3,(H,20,21). The third-order valence-electron chi connectivity index (χ3n) is 3.13. The van der Waals surface area contributed by atoms with Crippen LogP contribution in [0, 0.1) is 17.8 Å². The molecule has 1 fully saturated rings. The second-order valence-electron chi connectivity index (χ2n) is 5.12. The Hall–Kier alpha value is -1.71. The van der Waals surface area contributed by atoms with Gasteiger partial charge in [0, 0.05) is 29.1 Å². The number of anilines is 1. The van der Waals surface area contributed by atoms with E-state index >= 15 is 0 Å². The van der Waals surface area contributed by atoms with Crippen LogP contribution in [0.2, 0.25) is 5.02 Å². The largest absolute Gasteiger partial charge is 0.433 e. The predicted octanol–water partition coefficient (Wildman–Crippen LogP) is 3.46. The molecule has 3 nitrogen and oxygen atoms in total. The summed E-state index contributed by atoms with van der Waals surface area (Å²) in [7, 11) is 0. The van der Waals surface area contributed by atoms with Crippen molar-refractivity contribution in [2.24, 2.45) is 5.92 Å². The fourth-order valence-corrected chi connectivity index (χ4v) is 2.01. The number of amides is 1. The van der Waals surface area contributed by atoms with Crippen molar-refractivity contribution in [3.05, 3.63) is 28.8 Å². The van der Waals surface area contributed by atoms with Crippen molar-refractivity contribution in [1.82, 2.24) is 0 Å². The van der Waals surface area contributed by atoms with Crippen LogP contribution in [-0.2, 0) is 10.4 Å². The van der Waals surface area contributed by atoms with Gasteiger partial charge in [-0.05, 0) is 31.0 Å². The van der Waals surface area contributed by atoms with Gasteiger partial charge in [0.25, 0.3) is 0 Å². The van der Waals surface area contributed by atoms with Crippen LogP contribution in [0.1, 0.15) is 25.3 Å². The van der Waals surface area contributed by atoms with E-state index in [1.165, 1.54) is 12.1 Å². The summed E-state index contributed by atoms with van der Waals surface area (Å²) in [6.45, 7) is 1.15. The maximum absolute atomic E-state index is 13.4. The van der Waals surface area contributed by atoms with Crippen LogP contribution < -0.4 is 5.32 Å². The molecule has 1 atom stereocenters. The number of halogens is 4. The number of rotatable bonds is 2. The first kappa shape index (κ1) is 16.7. The maximum Gasteiger partial charge on any atom is 0.433 e. The van der Waals surface area contributed by atoms with Gasteiger partial charge < -0.3 is 10.4 Å². The topological polar surface area (TPSA) is 49.3 Å². The van der Waals surface area contributed by atoms with Gasteiger partial charge >= 0.3 is 6.18 Å². The quantitative estimate of drug-likeness (QED) is 0.815. The molecule has 7 heteroatoms. The van der Waals surface area contributed by atoms with Crippen molar-refractivity contribution in [1.29, 1.82) is 0 Å². The lowest BCUT2D eigenvalue weighted by atomic mass is 9.91. The van der Waals surface area contributed by atoms with Crippen LogP contribution in [-0.4, -0.2) is 17.2 Å². The minimum absolute atomic E-state index is 0.000000945. The summed E-state index contributed by atoms with van der Waals surface area (Å²) in [4.78, 5) is 11.2. The first-order valence-corrected chi connectivity index (χ1v) is 6.90. The molecule has 1 saturated carbocycles.